The fraction of sp³-hybridized carbons (Fsp3) is 0. The van der Waals surface area contributed by atoms with E-state index >= 15 is 0 Å². The number of halogens is 1. The van der Waals surface area contributed by atoms with Gasteiger partial charge in [0.15, 0.2) is 0 Å². The Hall–Kier alpha value is -1.89. The molecule has 0 atom stereocenters. The molecule has 0 unspecified atom stereocenters. The molecule has 1 heterocycles. The van der Waals surface area contributed by atoms with Crippen molar-refractivity contribution in [3.63, 3.8) is 0 Å². The molecule has 0 radical (unpaired) electrons. The molecule has 0 amide bonds. The fourth-order valence-corrected chi connectivity index (χ4v) is 1.66. The van der Waals surface area contributed by atoms with Crippen LogP contribution in [0.15, 0.2) is 34.9 Å². The minimum atomic E-state index is -0.458. The second-order valence-corrected chi connectivity index (χ2v) is 3.93. The van der Waals surface area contributed by atoms with Crippen molar-refractivity contribution >= 4 is 27.4 Å². The highest BCUT2D eigenvalue weighted by Crippen LogP contribution is 2.27. The molecule has 6 nitrogen and oxygen atoms in total. The van der Waals surface area contributed by atoms with E-state index in [2.05, 4.69) is 21.0 Å². The molecule has 0 aliphatic heterocycles. The minimum absolute atomic E-state index is 0.00780. The Kier molecular flexibility index (Phi) is 2.61. The van der Waals surface area contributed by atoms with Crippen LogP contribution in [0.4, 0.5) is 11.5 Å². The zero-order chi connectivity index (χ0) is 11.7. The average molecular weight is 283 g/mol. The van der Waals surface area contributed by atoms with Crippen LogP contribution in [-0.2, 0) is 0 Å². The first-order valence-electron chi connectivity index (χ1n) is 4.33. The summed E-state index contributed by atoms with van der Waals surface area (Å²) in [5.41, 5.74) is 6.05. The summed E-state index contributed by atoms with van der Waals surface area (Å²) in [5, 5.41) is 14.7. The number of nitro groups is 1. The van der Waals surface area contributed by atoms with Gasteiger partial charge in [-0.15, -0.1) is 0 Å². The van der Waals surface area contributed by atoms with E-state index in [4.69, 9.17) is 5.73 Å². The van der Waals surface area contributed by atoms with E-state index in [1.165, 1.54) is 10.7 Å². The second kappa shape index (κ2) is 3.93. The van der Waals surface area contributed by atoms with Crippen molar-refractivity contribution in [1.82, 2.24) is 9.78 Å². The van der Waals surface area contributed by atoms with E-state index in [1.807, 2.05) is 0 Å². The average Bonchev–Trinajstić information content (AvgIpc) is 2.65. The summed E-state index contributed by atoms with van der Waals surface area (Å²) in [4.78, 5) is 10.3. The van der Waals surface area contributed by atoms with E-state index in [1.54, 1.807) is 24.4 Å². The maximum atomic E-state index is 10.7. The standard InChI is InChI=1S/C9H7BrN4O2/c10-7-2-1-6(5-8(7)14(15)16)13-4-3-9(11)12-13/h1-5H,(H2,11,12). The summed E-state index contributed by atoms with van der Waals surface area (Å²) in [5.74, 6) is 0.366. The molecule has 82 valence electrons. The molecule has 16 heavy (non-hydrogen) atoms. The summed E-state index contributed by atoms with van der Waals surface area (Å²) in [6.45, 7) is 0. The summed E-state index contributed by atoms with van der Waals surface area (Å²) >= 11 is 3.11. The van der Waals surface area contributed by atoms with Gasteiger partial charge in [0.2, 0.25) is 0 Å². The van der Waals surface area contributed by atoms with Gasteiger partial charge >= 0.3 is 0 Å². The highest BCUT2D eigenvalue weighted by Gasteiger charge is 2.13. The van der Waals surface area contributed by atoms with Crippen LogP contribution < -0.4 is 5.73 Å². The molecule has 7 heteroatoms. The third-order valence-electron chi connectivity index (χ3n) is 2.00. The molecule has 0 spiro atoms. The molecule has 1 aromatic heterocycles. The number of anilines is 1. The van der Waals surface area contributed by atoms with Crippen LogP contribution in [-0.4, -0.2) is 14.7 Å². The van der Waals surface area contributed by atoms with Gasteiger partial charge in [-0.3, -0.25) is 10.1 Å². The van der Waals surface area contributed by atoms with Gasteiger partial charge in [-0.25, -0.2) is 4.68 Å². The van der Waals surface area contributed by atoms with Gasteiger partial charge in [0.1, 0.15) is 5.82 Å². The normalized spacial score (nSPS) is 10.3. The Labute approximate surface area is 99.0 Å². The molecule has 2 rings (SSSR count). The minimum Gasteiger partial charge on any atom is -0.382 e. The third kappa shape index (κ3) is 1.89. The van der Waals surface area contributed by atoms with Gasteiger partial charge < -0.3 is 5.73 Å². The SMILES string of the molecule is Nc1ccn(-c2ccc(Br)c([N+](=O)[O-])c2)n1. The van der Waals surface area contributed by atoms with Crippen molar-refractivity contribution < 1.29 is 4.92 Å². The molecule has 1 aromatic carbocycles. The van der Waals surface area contributed by atoms with Gasteiger partial charge in [-0.05, 0) is 28.1 Å². The van der Waals surface area contributed by atoms with E-state index < -0.39 is 4.92 Å². The Morgan fingerprint density at radius 1 is 1.44 bits per heavy atom. The van der Waals surface area contributed by atoms with E-state index in [0.717, 1.165) is 0 Å². The Morgan fingerprint density at radius 2 is 2.19 bits per heavy atom. The number of rotatable bonds is 2. The first-order valence-corrected chi connectivity index (χ1v) is 5.12. The van der Waals surface area contributed by atoms with Crippen LogP contribution >= 0.6 is 15.9 Å². The molecule has 2 aromatic rings. The van der Waals surface area contributed by atoms with Crippen molar-refractivity contribution in [1.29, 1.82) is 0 Å². The van der Waals surface area contributed by atoms with Crippen molar-refractivity contribution in [3.8, 4) is 5.69 Å². The van der Waals surface area contributed by atoms with Crippen LogP contribution in [0.3, 0.4) is 0 Å². The maximum absolute atomic E-state index is 10.7. The van der Waals surface area contributed by atoms with Crippen LogP contribution in [0.5, 0.6) is 0 Å². The monoisotopic (exact) mass is 282 g/mol. The zero-order valence-electron chi connectivity index (χ0n) is 8.00. The highest BCUT2D eigenvalue weighted by molar-refractivity contribution is 9.10. The lowest BCUT2D eigenvalue weighted by molar-refractivity contribution is -0.385. The maximum Gasteiger partial charge on any atom is 0.285 e. The number of benzene rings is 1. The molecular weight excluding hydrogens is 276 g/mol. The number of aromatic nitrogens is 2. The lowest BCUT2D eigenvalue weighted by Gasteiger charge is -2.01. The quantitative estimate of drug-likeness (QED) is 0.675. The number of hydrogen-bond acceptors (Lipinski definition) is 4. The highest BCUT2D eigenvalue weighted by atomic mass is 79.9. The zero-order valence-corrected chi connectivity index (χ0v) is 9.59. The first-order chi connectivity index (χ1) is 7.58. The summed E-state index contributed by atoms with van der Waals surface area (Å²) in [6, 6.07) is 6.36. The van der Waals surface area contributed by atoms with Crippen molar-refractivity contribution in [2.24, 2.45) is 0 Å². The lowest BCUT2D eigenvalue weighted by atomic mass is 10.3. The lowest BCUT2D eigenvalue weighted by Crippen LogP contribution is -1.98. The van der Waals surface area contributed by atoms with Crippen molar-refractivity contribution in [2.45, 2.75) is 0 Å². The predicted molar refractivity (Wildman–Crippen MR) is 62.3 cm³/mol. The summed E-state index contributed by atoms with van der Waals surface area (Å²) < 4.78 is 1.91. The van der Waals surface area contributed by atoms with E-state index in [0.29, 0.717) is 16.0 Å². The molecule has 0 aliphatic carbocycles. The number of nitrogens with two attached hydrogens (primary N) is 1. The van der Waals surface area contributed by atoms with E-state index in [-0.39, 0.29) is 5.69 Å². The van der Waals surface area contributed by atoms with Gasteiger partial charge in [-0.2, -0.15) is 5.10 Å². The van der Waals surface area contributed by atoms with Gasteiger partial charge in [0.05, 0.1) is 15.1 Å². The number of nitrogens with zero attached hydrogens (tertiary/aromatic N) is 3. The van der Waals surface area contributed by atoms with Gasteiger partial charge in [-0.1, -0.05) is 0 Å². The smallest absolute Gasteiger partial charge is 0.285 e. The second-order valence-electron chi connectivity index (χ2n) is 3.08. The van der Waals surface area contributed by atoms with Crippen LogP contribution in [0.1, 0.15) is 0 Å². The first kappa shape index (κ1) is 10.6. The van der Waals surface area contributed by atoms with Crippen LogP contribution in [0.2, 0.25) is 0 Å². The molecule has 0 aliphatic rings. The molecule has 0 saturated carbocycles. The number of hydrogen-bond donors (Lipinski definition) is 1. The summed E-state index contributed by atoms with van der Waals surface area (Å²) in [6.07, 6.45) is 1.64. The van der Waals surface area contributed by atoms with Gasteiger partial charge in [0.25, 0.3) is 5.69 Å². The molecule has 0 fully saturated rings. The molecule has 0 saturated heterocycles. The molecule has 0 bridgehead atoms. The largest absolute Gasteiger partial charge is 0.382 e. The topological polar surface area (TPSA) is 87.0 Å². The molecular formula is C9H7BrN4O2. The summed E-state index contributed by atoms with van der Waals surface area (Å²) in [7, 11) is 0. The Morgan fingerprint density at radius 3 is 2.75 bits per heavy atom. The Bertz CT molecular complexity index is 552. The van der Waals surface area contributed by atoms with Crippen LogP contribution in [0.25, 0.3) is 5.69 Å². The van der Waals surface area contributed by atoms with Crippen molar-refractivity contribution in [2.75, 3.05) is 5.73 Å². The predicted octanol–water partition coefficient (Wildman–Crippen LogP) is 2.13. The van der Waals surface area contributed by atoms with Crippen molar-refractivity contribution in [3.05, 3.63) is 45.0 Å². The number of nitro benzene ring substituents is 1. The van der Waals surface area contributed by atoms with E-state index in [9.17, 15) is 10.1 Å². The Balaban J connectivity index is 2.51. The number of nitrogen functional groups attached to an aromatic ring is 1. The fourth-order valence-electron chi connectivity index (χ4n) is 1.27. The van der Waals surface area contributed by atoms with Gasteiger partial charge in [0, 0.05) is 18.3 Å². The molecule has 2 N–H and O–H groups in total. The third-order valence-corrected chi connectivity index (χ3v) is 2.67. The van der Waals surface area contributed by atoms with Crippen LogP contribution in [0, 0.1) is 10.1 Å².